The number of hydrogen-bond donors (Lipinski definition) is 3. The molecular formula is C33H34ClN5O6S. The molecule has 1 fully saturated rings. The van der Waals surface area contributed by atoms with Crippen molar-refractivity contribution in [3.8, 4) is 16.9 Å². The van der Waals surface area contributed by atoms with Gasteiger partial charge in [-0.1, -0.05) is 41.9 Å². The molecule has 0 radical (unpaired) electrons. The molecule has 2 heterocycles. The summed E-state index contributed by atoms with van der Waals surface area (Å²) < 4.78 is 38.3. The lowest BCUT2D eigenvalue weighted by Gasteiger charge is -2.30. The molecule has 1 aromatic heterocycles. The van der Waals surface area contributed by atoms with Gasteiger partial charge in [0.25, 0.3) is 10.1 Å². The number of anilines is 2. The summed E-state index contributed by atoms with van der Waals surface area (Å²) in [6, 6.07) is 18.0. The number of nitrogens with zero attached hydrogens (tertiary/aromatic N) is 3. The Labute approximate surface area is 272 Å². The van der Waals surface area contributed by atoms with Crippen LogP contribution in [-0.2, 0) is 21.5 Å². The lowest BCUT2D eigenvalue weighted by molar-refractivity contribution is -0.119. The number of rotatable bonds is 11. The number of carbonyl (C=O) groups excluding carboxylic acids is 2. The van der Waals surface area contributed by atoms with Crippen LogP contribution < -0.4 is 20.3 Å². The first-order valence-electron chi connectivity index (χ1n) is 15.0. The topological polar surface area (TPSA) is 143 Å². The highest BCUT2D eigenvalue weighted by atomic mass is 35.5. The maximum Gasteiger partial charge on any atom is 0.320 e. The van der Waals surface area contributed by atoms with E-state index in [-0.39, 0.29) is 5.91 Å². The van der Waals surface area contributed by atoms with Crippen LogP contribution in [0.25, 0.3) is 11.1 Å². The number of benzene rings is 3. The number of fused-ring (bicyclic) bond motifs is 3. The van der Waals surface area contributed by atoms with Gasteiger partial charge < -0.3 is 20.3 Å². The second-order valence-electron chi connectivity index (χ2n) is 11.6. The second kappa shape index (κ2) is 13.1. The van der Waals surface area contributed by atoms with Crippen molar-refractivity contribution >= 4 is 45.0 Å². The predicted octanol–water partition coefficient (Wildman–Crippen LogP) is 5.84. The number of carbonyl (C=O) groups is 2. The monoisotopic (exact) mass is 663 g/mol. The highest BCUT2D eigenvalue weighted by molar-refractivity contribution is 7.85. The van der Waals surface area contributed by atoms with Crippen molar-refractivity contribution in [1.29, 1.82) is 0 Å². The van der Waals surface area contributed by atoms with Crippen LogP contribution in [0.2, 0.25) is 5.02 Å². The molecule has 0 bridgehead atoms. The molecule has 1 aliphatic heterocycles. The first-order valence-corrected chi connectivity index (χ1v) is 17.0. The first kappa shape index (κ1) is 31.6. The van der Waals surface area contributed by atoms with E-state index in [1.807, 2.05) is 65.3 Å². The van der Waals surface area contributed by atoms with Gasteiger partial charge in [-0.15, -0.1) is 0 Å². The molecule has 3 aromatic carbocycles. The Morgan fingerprint density at radius 2 is 1.93 bits per heavy atom. The van der Waals surface area contributed by atoms with Gasteiger partial charge >= 0.3 is 6.03 Å². The van der Waals surface area contributed by atoms with E-state index < -0.39 is 22.0 Å². The van der Waals surface area contributed by atoms with Crippen molar-refractivity contribution < 1.29 is 27.3 Å². The van der Waals surface area contributed by atoms with Crippen LogP contribution in [0.5, 0.6) is 5.75 Å². The summed E-state index contributed by atoms with van der Waals surface area (Å²) in [4.78, 5) is 27.4. The summed E-state index contributed by atoms with van der Waals surface area (Å²) >= 11 is 6.20. The fourth-order valence-electron chi connectivity index (χ4n) is 5.94. The molecule has 46 heavy (non-hydrogen) atoms. The zero-order valence-corrected chi connectivity index (χ0v) is 26.7. The van der Waals surface area contributed by atoms with E-state index in [2.05, 4.69) is 21.8 Å². The third-order valence-electron chi connectivity index (χ3n) is 8.28. The number of amides is 3. The zero-order chi connectivity index (χ0) is 32.4. The van der Waals surface area contributed by atoms with Crippen molar-refractivity contribution in [2.24, 2.45) is 5.92 Å². The maximum atomic E-state index is 13.5. The minimum atomic E-state index is -4.32. The normalized spacial score (nSPS) is 16.7. The van der Waals surface area contributed by atoms with Crippen molar-refractivity contribution in [3.05, 3.63) is 94.8 Å². The van der Waals surface area contributed by atoms with E-state index in [1.54, 1.807) is 18.2 Å². The second-order valence-corrected chi connectivity index (χ2v) is 13.5. The number of halogens is 1. The van der Waals surface area contributed by atoms with Gasteiger partial charge in [0, 0.05) is 46.7 Å². The molecule has 13 heteroatoms. The van der Waals surface area contributed by atoms with Crippen LogP contribution in [0.1, 0.15) is 41.9 Å². The summed E-state index contributed by atoms with van der Waals surface area (Å²) in [7, 11) is -4.32. The Morgan fingerprint density at radius 1 is 1.13 bits per heavy atom. The molecule has 11 nitrogen and oxygen atoms in total. The zero-order valence-electron chi connectivity index (χ0n) is 25.1. The minimum absolute atomic E-state index is 0.0889. The third-order valence-corrected chi connectivity index (χ3v) is 9.20. The molecule has 4 aromatic rings. The fourth-order valence-corrected chi connectivity index (χ4v) is 6.42. The van der Waals surface area contributed by atoms with Gasteiger partial charge in [-0.3, -0.25) is 14.0 Å². The van der Waals surface area contributed by atoms with E-state index in [9.17, 15) is 18.0 Å². The number of hydrogen-bond acceptors (Lipinski definition) is 6. The SMILES string of the molecule is Cc1c(Cl)cccc1OCCCC(=O)N1C[C@@H]2C[C@@H]2c2c(-c3cnn(Cc4cccc(NC(=O)NCS(=O)(=O)O)c4)c3)cccc21. The van der Waals surface area contributed by atoms with E-state index in [0.717, 1.165) is 46.7 Å². The van der Waals surface area contributed by atoms with Gasteiger partial charge in [0.05, 0.1) is 19.3 Å². The molecular weight excluding hydrogens is 630 g/mol. The van der Waals surface area contributed by atoms with Gasteiger partial charge in [0.1, 0.15) is 11.6 Å². The summed E-state index contributed by atoms with van der Waals surface area (Å²) in [6.07, 6.45) is 5.84. The van der Waals surface area contributed by atoms with E-state index >= 15 is 0 Å². The summed E-state index contributed by atoms with van der Waals surface area (Å²) in [5, 5.41) is 9.88. The molecule has 2 atom stereocenters. The molecule has 0 saturated heterocycles. The maximum absolute atomic E-state index is 13.5. The van der Waals surface area contributed by atoms with Crippen LogP contribution >= 0.6 is 11.6 Å². The van der Waals surface area contributed by atoms with E-state index in [4.69, 9.17) is 20.9 Å². The number of urea groups is 1. The van der Waals surface area contributed by atoms with Crippen molar-refractivity contribution in [1.82, 2.24) is 15.1 Å². The molecule has 2 aliphatic rings. The average molecular weight is 664 g/mol. The van der Waals surface area contributed by atoms with Crippen LogP contribution in [0.15, 0.2) is 73.1 Å². The Bertz CT molecular complexity index is 1890. The molecule has 240 valence electrons. The van der Waals surface area contributed by atoms with Gasteiger partial charge in [-0.2, -0.15) is 13.5 Å². The van der Waals surface area contributed by atoms with Gasteiger partial charge in [0.15, 0.2) is 0 Å². The Hall–Kier alpha value is -4.39. The van der Waals surface area contributed by atoms with Gasteiger partial charge in [-0.05, 0) is 78.6 Å². The third kappa shape index (κ3) is 7.35. The van der Waals surface area contributed by atoms with Crippen LogP contribution in [-0.4, -0.2) is 53.7 Å². The Morgan fingerprint density at radius 3 is 2.76 bits per heavy atom. The summed E-state index contributed by atoms with van der Waals surface area (Å²) in [5.74, 6) is 0.807. The van der Waals surface area contributed by atoms with Gasteiger partial charge in [0.2, 0.25) is 5.91 Å². The average Bonchev–Trinajstić information content (AvgIpc) is 3.67. The van der Waals surface area contributed by atoms with Crippen LogP contribution in [0.3, 0.4) is 0 Å². The molecule has 6 rings (SSSR count). The Kier molecular flexibility index (Phi) is 9.03. The lowest BCUT2D eigenvalue weighted by atomic mass is 9.92. The van der Waals surface area contributed by atoms with E-state index in [1.165, 1.54) is 5.56 Å². The van der Waals surface area contributed by atoms with Gasteiger partial charge in [-0.25, -0.2) is 4.79 Å². The highest BCUT2D eigenvalue weighted by Gasteiger charge is 2.47. The summed E-state index contributed by atoms with van der Waals surface area (Å²) in [6.45, 7) is 3.51. The standard InChI is InChI=1S/C33H34ClN5O6S/c1-21-28(34)9-4-11-30(21)45-13-5-12-31(40)39-19-23-15-27(23)32-26(8-3-10-29(32)39)24-16-36-38(18-24)17-22-6-2-7-25(14-22)37-33(41)35-20-46(42,43)44/h2-4,6-11,14,16,18,23,27H,5,12-13,15,17,19-20H2,1H3,(H2,35,37,41)(H,42,43,44)/t23-,27-/m0/s1. The lowest BCUT2D eigenvalue weighted by Crippen LogP contribution is -2.36. The predicted molar refractivity (Wildman–Crippen MR) is 176 cm³/mol. The van der Waals surface area contributed by atoms with Crippen molar-refractivity contribution in [2.75, 3.05) is 29.2 Å². The summed E-state index contributed by atoms with van der Waals surface area (Å²) in [5.41, 5.74) is 6.41. The number of nitrogens with one attached hydrogen (secondary N) is 2. The van der Waals surface area contributed by atoms with Crippen LogP contribution in [0.4, 0.5) is 16.2 Å². The molecule has 1 aliphatic carbocycles. The number of aromatic nitrogens is 2. The van der Waals surface area contributed by atoms with E-state index in [0.29, 0.717) is 48.5 Å². The number of ether oxygens (including phenoxy) is 1. The molecule has 0 spiro atoms. The highest BCUT2D eigenvalue weighted by Crippen LogP contribution is 2.57. The quantitative estimate of drug-likeness (QED) is 0.135. The van der Waals surface area contributed by atoms with Crippen LogP contribution in [0, 0.1) is 12.8 Å². The van der Waals surface area contributed by atoms with Crippen molar-refractivity contribution in [2.45, 2.75) is 38.6 Å². The largest absolute Gasteiger partial charge is 0.493 e. The molecule has 1 saturated carbocycles. The molecule has 3 amide bonds. The molecule has 0 unspecified atom stereocenters. The fraction of sp³-hybridized carbons (Fsp3) is 0.303. The first-order chi connectivity index (χ1) is 22.1. The minimum Gasteiger partial charge on any atom is -0.493 e. The molecule has 3 N–H and O–H groups in total. The van der Waals surface area contributed by atoms with Crippen molar-refractivity contribution in [3.63, 3.8) is 0 Å². The smallest absolute Gasteiger partial charge is 0.320 e. The Balaban J connectivity index is 1.11.